The average molecular weight is 391 g/mol. The van der Waals surface area contributed by atoms with E-state index in [-0.39, 0.29) is 28.6 Å². The Balaban J connectivity index is 2.40. The van der Waals surface area contributed by atoms with Gasteiger partial charge in [-0.3, -0.25) is 10.1 Å². The Hall–Kier alpha value is -3.00. The van der Waals surface area contributed by atoms with Gasteiger partial charge in [0.1, 0.15) is 11.8 Å². The van der Waals surface area contributed by atoms with E-state index in [0.717, 1.165) is 6.07 Å². The highest BCUT2D eigenvalue weighted by atomic mass is 32.2. The van der Waals surface area contributed by atoms with Crippen molar-refractivity contribution in [3.63, 3.8) is 0 Å². The van der Waals surface area contributed by atoms with Crippen LogP contribution in [0.25, 0.3) is 0 Å². The third kappa shape index (κ3) is 5.01. The molecule has 0 saturated heterocycles. The van der Waals surface area contributed by atoms with Crippen molar-refractivity contribution in [2.75, 3.05) is 13.7 Å². The Morgan fingerprint density at radius 1 is 1.26 bits per heavy atom. The molecular formula is C17H17N3O6S. The van der Waals surface area contributed by atoms with Gasteiger partial charge >= 0.3 is 5.69 Å². The van der Waals surface area contributed by atoms with Crippen molar-refractivity contribution < 1.29 is 22.8 Å². The van der Waals surface area contributed by atoms with E-state index < -0.39 is 26.7 Å². The summed E-state index contributed by atoms with van der Waals surface area (Å²) in [7, 11) is -2.55. The average Bonchev–Trinajstić information content (AvgIpc) is 2.62. The number of hydrogen-bond acceptors (Lipinski definition) is 7. The molecule has 0 aromatic heterocycles. The molecule has 2 aromatic rings. The van der Waals surface area contributed by atoms with Crippen LogP contribution in [0.4, 0.5) is 5.69 Å². The van der Waals surface area contributed by atoms with Crippen LogP contribution in [-0.4, -0.2) is 33.1 Å². The summed E-state index contributed by atoms with van der Waals surface area (Å²) in [5, 5.41) is 20.5. The van der Waals surface area contributed by atoms with Crippen molar-refractivity contribution in [2.45, 2.75) is 17.9 Å². The number of nitro benzene ring substituents is 1. The van der Waals surface area contributed by atoms with E-state index >= 15 is 0 Å². The standard InChI is InChI=1S/C17H17N3O6S/c1-12(11-25-2)19-27(23,24)14-7-8-17(15(9-14)20(21)22)26-16-6-4-3-5-13(16)10-18/h3-9,12,19H,11H2,1-2H3/t12-/m1/s1. The second-order valence-corrected chi connectivity index (χ2v) is 7.29. The first kappa shape index (κ1) is 20.3. The number of nitro groups is 1. The molecule has 0 aliphatic rings. The van der Waals surface area contributed by atoms with E-state index in [2.05, 4.69) is 4.72 Å². The monoisotopic (exact) mass is 391 g/mol. The van der Waals surface area contributed by atoms with E-state index in [0.29, 0.717) is 0 Å². The van der Waals surface area contributed by atoms with Crippen molar-refractivity contribution >= 4 is 15.7 Å². The molecule has 0 heterocycles. The zero-order valence-corrected chi connectivity index (χ0v) is 15.4. The molecule has 0 fully saturated rings. The van der Waals surface area contributed by atoms with Gasteiger partial charge in [-0.05, 0) is 31.2 Å². The Morgan fingerprint density at radius 2 is 1.96 bits per heavy atom. The summed E-state index contributed by atoms with van der Waals surface area (Å²) in [6, 6.07) is 10.9. The van der Waals surface area contributed by atoms with Crippen LogP contribution in [0.3, 0.4) is 0 Å². The number of hydrogen-bond donors (Lipinski definition) is 1. The highest BCUT2D eigenvalue weighted by Gasteiger charge is 2.24. The number of rotatable bonds is 8. The molecule has 2 aromatic carbocycles. The predicted octanol–water partition coefficient (Wildman–Crippen LogP) is 2.57. The summed E-state index contributed by atoms with van der Waals surface area (Å²) in [4.78, 5) is 10.4. The Kier molecular flexibility index (Phi) is 6.46. The van der Waals surface area contributed by atoms with Crippen LogP contribution in [0.5, 0.6) is 11.5 Å². The predicted molar refractivity (Wildman–Crippen MR) is 96.0 cm³/mol. The maximum Gasteiger partial charge on any atom is 0.312 e. The number of ether oxygens (including phenoxy) is 2. The molecule has 2 rings (SSSR count). The van der Waals surface area contributed by atoms with Crippen LogP contribution in [0.2, 0.25) is 0 Å². The van der Waals surface area contributed by atoms with Gasteiger partial charge in [-0.2, -0.15) is 5.26 Å². The minimum atomic E-state index is -3.98. The minimum Gasteiger partial charge on any atom is -0.449 e. The molecule has 1 atom stereocenters. The van der Waals surface area contributed by atoms with Crippen molar-refractivity contribution in [3.8, 4) is 17.6 Å². The highest BCUT2D eigenvalue weighted by Crippen LogP contribution is 2.34. The van der Waals surface area contributed by atoms with Crippen molar-refractivity contribution in [1.82, 2.24) is 4.72 Å². The zero-order valence-electron chi connectivity index (χ0n) is 14.6. The maximum absolute atomic E-state index is 12.4. The number of nitrogens with one attached hydrogen (secondary N) is 1. The van der Waals surface area contributed by atoms with Crippen LogP contribution in [0, 0.1) is 21.4 Å². The minimum absolute atomic E-state index is 0.130. The van der Waals surface area contributed by atoms with Crippen LogP contribution in [-0.2, 0) is 14.8 Å². The van der Waals surface area contributed by atoms with E-state index in [1.165, 1.54) is 31.4 Å². The van der Waals surface area contributed by atoms with Gasteiger partial charge in [0, 0.05) is 19.2 Å². The molecule has 0 aliphatic heterocycles. The van der Waals surface area contributed by atoms with Crippen LogP contribution in [0.15, 0.2) is 47.4 Å². The fourth-order valence-corrected chi connectivity index (χ4v) is 3.52. The lowest BCUT2D eigenvalue weighted by atomic mass is 10.2. The van der Waals surface area contributed by atoms with Gasteiger partial charge in [0.2, 0.25) is 15.8 Å². The lowest BCUT2D eigenvalue weighted by Crippen LogP contribution is -2.35. The lowest BCUT2D eigenvalue weighted by molar-refractivity contribution is -0.385. The molecule has 0 saturated carbocycles. The number of benzene rings is 2. The third-order valence-corrected chi connectivity index (χ3v) is 5.03. The summed E-state index contributed by atoms with van der Waals surface area (Å²) in [5.74, 6) is -0.0443. The second-order valence-electron chi connectivity index (χ2n) is 5.57. The second kappa shape index (κ2) is 8.59. The van der Waals surface area contributed by atoms with Gasteiger partial charge in [0.05, 0.1) is 22.0 Å². The molecular weight excluding hydrogens is 374 g/mol. The van der Waals surface area contributed by atoms with E-state index in [9.17, 15) is 18.5 Å². The van der Waals surface area contributed by atoms with Gasteiger partial charge in [-0.15, -0.1) is 0 Å². The quantitative estimate of drug-likeness (QED) is 0.540. The van der Waals surface area contributed by atoms with E-state index in [1.54, 1.807) is 19.1 Å². The molecule has 10 heteroatoms. The fourth-order valence-electron chi connectivity index (χ4n) is 2.28. The van der Waals surface area contributed by atoms with Gasteiger partial charge in [-0.1, -0.05) is 12.1 Å². The Bertz CT molecular complexity index is 984. The topological polar surface area (TPSA) is 132 Å². The fraction of sp³-hybridized carbons (Fsp3) is 0.235. The number of sulfonamides is 1. The SMILES string of the molecule is COC[C@@H](C)NS(=O)(=O)c1ccc(Oc2ccccc2C#N)c([N+](=O)[O-])c1. The first-order valence-electron chi connectivity index (χ1n) is 7.75. The Morgan fingerprint density at radius 3 is 2.59 bits per heavy atom. The highest BCUT2D eigenvalue weighted by molar-refractivity contribution is 7.89. The zero-order chi connectivity index (χ0) is 20.0. The molecule has 9 nitrogen and oxygen atoms in total. The molecule has 142 valence electrons. The first-order chi connectivity index (χ1) is 12.8. The number of nitrogens with zero attached hydrogens (tertiary/aromatic N) is 2. The summed E-state index contributed by atoms with van der Waals surface area (Å²) in [6.45, 7) is 1.75. The van der Waals surface area contributed by atoms with Crippen molar-refractivity contribution in [1.29, 1.82) is 5.26 Å². The summed E-state index contributed by atoms with van der Waals surface area (Å²) in [6.07, 6.45) is 0. The molecule has 0 aliphatic carbocycles. The molecule has 0 amide bonds. The number of para-hydroxylation sites is 1. The maximum atomic E-state index is 12.4. The van der Waals surface area contributed by atoms with Gasteiger partial charge in [0.25, 0.3) is 0 Å². The molecule has 0 spiro atoms. The number of methoxy groups -OCH3 is 1. The third-order valence-electron chi connectivity index (χ3n) is 3.44. The number of nitriles is 1. The van der Waals surface area contributed by atoms with Crippen LogP contribution < -0.4 is 9.46 Å². The summed E-state index contributed by atoms with van der Waals surface area (Å²) >= 11 is 0. The molecule has 0 radical (unpaired) electrons. The van der Waals surface area contributed by atoms with Crippen LogP contribution in [0.1, 0.15) is 12.5 Å². The van der Waals surface area contributed by atoms with E-state index in [1.807, 2.05) is 6.07 Å². The summed E-state index contributed by atoms with van der Waals surface area (Å²) < 4.78 is 37.5. The van der Waals surface area contributed by atoms with Crippen molar-refractivity contribution in [2.24, 2.45) is 0 Å². The van der Waals surface area contributed by atoms with Crippen molar-refractivity contribution in [3.05, 3.63) is 58.1 Å². The normalized spacial score (nSPS) is 12.2. The molecule has 0 bridgehead atoms. The molecule has 1 N–H and O–H groups in total. The molecule has 27 heavy (non-hydrogen) atoms. The van der Waals surface area contributed by atoms with Crippen LogP contribution >= 0.6 is 0 Å². The van der Waals surface area contributed by atoms with Gasteiger partial charge < -0.3 is 9.47 Å². The Labute approximate surface area is 156 Å². The smallest absolute Gasteiger partial charge is 0.312 e. The largest absolute Gasteiger partial charge is 0.449 e. The van der Waals surface area contributed by atoms with Gasteiger partial charge in [-0.25, -0.2) is 13.1 Å². The van der Waals surface area contributed by atoms with Gasteiger partial charge in [0.15, 0.2) is 0 Å². The lowest BCUT2D eigenvalue weighted by Gasteiger charge is -2.14. The summed E-state index contributed by atoms with van der Waals surface area (Å²) in [5.41, 5.74) is -0.344. The van der Waals surface area contributed by atoms with E-state index in [4.69, 9.17) is 14.7 Å². The molecule has 0 unspecified atom stereocenters. The first-order valence-corrected chi connectivity index (χ1v) is 9.23.